The zero-order chi connectivity index (χ0) is 42.8. The summed E-state index contributed by atoms with van der Waals surface area (Å²) >= 11 is 0. The van der Waals surface area contributed by atoms with E-state index in [4.69, 9.17) is 14.4 Å². The maximum Gasteiger partial charge on any atom is 0.160 e. The minimum Gasteiger partial charge on any atom is -0.456 e. The summed E-state index contributed by atoms with van der Waals surface area (Å²) in [5.74, 6) is 0.678. The number of benzene rings is 9. The van der Waals surface area contributed by atoms with E-state index in [-0.39, 0.29) is 5.41 Å². The number of hydrogen-bond donors (Lipinski definition) is 0. The van der Waals surface area contributed by atoms with Crippen LogP contribution in [0.3, 0.4) is 0 Å². The van der Waals surface area contributed by atoms with Crippen molar-refractivity contribution in [3.63, 3.8) is 0 Å². The van der Waals surface area contributed by atoms with Gasteiger partial charge in [-0.1, -0.05) is 178 Å². The second-order valence-electron chi connectivity index (χ2n) is 17.4. The molecule has 0 fully saturated rings. The second kappa shape index (κ2) is 15.0. The highest BCUT2D eigenvalue weighted by Gasteiger charge is 2.35. The molecule has 302 valence electrons. The van der Waals surface area contributed by atoms with Crippen molar-refractivity contribution in [2.24, 2.45) is 0 Å². The average Bonchev–Trinajstić information content (AvgIpc) is 3.85. The zero-order valence-corrected chi connectivity index (χ0v) is 35.6. The van der Waals surface area contributed by atoms with Crippen molar-refractivity contribution in [2.75, 3.05) is 0 Å². The lowest BCUT2D eigenvalue weighted by Crippen LogP contribution is -2.14. The smallest absolute Gasteiger partial charge is 0.160 e. The molecule has 1 aliphatic rings. The molecular formula is C61H42N2O. The van der Waals surface area contributed by atoms with E-state index in [2.05, 4.69) is 220 Å². The normalized spacial score (nSPS) is 12.7. The van der Waals surface area contributed by atoms with E-state index in [1.54, 1.807) is 0 Å². The number of hydrogen-bond acceptors (Lipinski definition) is 3. The lowest BCUT2D eigenvalue weighted by Gasteiger charge is -2.21. The highest BCUT2D eigenvalue weighted by molar-refractivity contribution is 6.06. The first-order chi connectivity index (χ1) is 31.4. The fraction of sp³-hybridized carbons (Fsp3) is 0.0492. The van der Waals surface area contributed by atoms with Gasteiger partial charge in [0.1, 0.15) is 11.2 Å². The highest BCUT2D eigenvalue weighted by atomic mass is 16.3. The molecule has 0 saturated heterocycles. The molecule has 2 aromatic heterocycles. The molecule has 0 saturated carbocycles. The van der Waals surface area contributed by atoms with Gasteiger partial charge in [-0.15, -0.1) is 0 Å². The summed E-state index contributed by atoms with van der Waals surface area (Å²) < 4.78 is 6.27. The molecule has 0 radical (unpaired) electrons. The van der Waals surface area contributed by atoms with Gasteiger partial charge in [-0.25, -0.2) is 9.97 Å². The van der Waals surface area contributed by atoms with Crippen LogP contribution < -0.4 is 0 Å². The summed E-state index contributed by atoms with van der Waals surface area (Å²) in [6.45, 7) is 4.65. The third-order valence-electron chi connectivity index (χ3n) is 13.1. The third kappa shape index (κ3) is 6.53. The van der Waals surface area contributed by atoms with E-state index in [1.807, 2.05) is 12.1 Å². The Bertz CT molecular complexity index is 3560. The number of nitrogens with zero attached hydrogens (tertiary/aromatic N) is 2. The molecule has 2 heterocycles. The maximum absolute atomic E-state index is 6.27. The molecule has 9 aromatic carbocycles. The van der Waals surface area contributed by atoms with Gasteiger partial charge in [-0.3, -0.25) is 0 Å². The molecule has 0 N–H and O–H groups in total. The highest BCUT2D eigenvalue weighted by Crippen LogP contribution is 2.49. The molecule has 0 spiro atoms. The molecule has 11 aromatic rings. The lowest BCUT2D eigenvalue weighted by molar-refractivity contribution is 0.660. The first-order valence-corrected chi connectivity index (χ1v) is 22.0. The van der Waals surface area contributed by atoms with Crippen LogP contribution in [0.1, 0.15) is 25.0 Å². The van der Waals surface area contributed by atoms with E-state index in [0.29, 0.717) is 5.82 Å². The van der Waals surface area contributed by atoms with Crippen LogP contribution in [0.25, 0.3) is 111 Å². The van der Waals surface area contributed by atoms with Crippen LogP contribution in [0, 0.1) is 0 Å². The van der Waals surface area contributed by atoms with Gasteiger partial charge in [0.2, 0.25) is 0 Å². The van der Waals surface area contributed by atoms with Gasteiger partial charge < -0.3 is 4.42 Å². The van der Waals surface area contributed by atoms with Crippen molar-refractivity contribution < 1.29 is 4.42 Å². The van der Waals surface area contributed by atoms with Crippen LogP contribution >= 0.6 is 0 Å². The van der Waals surface area contributed by atoms with Gasteiger partial charge in [-0.2, -0.15) is 0 Å². The molecule has 0 amide bonds. The minimum absolute atomic E-state index is 0.0910. The van der Waals surface area contributed by atoms with Gasteiger partial charge in [-0.05, 0) is 121 Å². The van der Waals surface area contributed by atoms with Crippen LogP contribution in [0.15, 0.2) is 223 Å². The quantitative estimate of drug-likeness (QED) is 0.161. The number of rotatable bonds is 7. The SMILES string of the molecule is CC1(C)c2ccccc2-c2cc(-c3cc(-c4cc(-c5ccc(-c6ccccc6)cc5)cc(-c5ccc6oc7ccccc7c6c5)c4)nc(-c4cccc(-c5ccccc5)c4)n3)ccc21. The second-order valence-corrected chi connectivity index (χ2v) is 17.4. The van der Waals surface area contributed by atoms with Crippen LogP contribution in [0.2, 0.25) is 0 Å². The fourth-order valence-electron chi connectivity index (χ4n) is 9.72. The van der Waals surface area contributed by atoms with Gasteiger partial charge >= 0.3 is 0 Å². The Balaban J connectivity index is 1.06. The Labute approximate surface area is 373 Å². The zero-order valence-electron chi connectivity index (χ0n) is 35.6. The van der Waals surface area contributed by atoms with Crippen molar-refractivity contribution >= 4 is 21.9 Å². The summed E-state index contributed by atoms with van der Waals surface area (Å²) in [4.78, 5) is 10.8. The molecule has 3 heteroatoms. The van der Waals surface area contributed by atoms with Gasteiger partial charge in [0.15, 0.2) is 5.82 Å². The van der Waals surface area contributed by atoms with Gasteiger partial charge in [0.25, 0.3) is 0 Å². The van der Waals surface area contributed by atoms with Crippen LogP contribution in [-0.2, 0) is 5.41 Å². The van der Waals surface area contributed by atoms with E-state index in [9.17, 15) is 0 Å². The van der Waals surface area contributed by atoms with E-state index >= 15 is 0 Å². The van der Waals surface area contributed by atoms with Crippen molar-refractivity contribution in [1.29, 1.82) is 0 Å². The predicted molar refractivity (Wildman–Crippen MR) is 265 cm³/mol. The lowest BCUT2D eigenvalue weighted by atomic mass is 9.82. The summed E-state index contributed by atoms with van der Waals surface area (Å²) in [5.41, 5.74) is 20.7. The molecule has 3 nitrogen and oxygen atoms in total. The fourth-order valence-corrected chi connectivity index (χ4v) is 9.72. The number of furan rings is 1. The third-order valence-corrected chi connectivity index (χ3v) is 13.1. The monoisotopic (exact) mass is 818 g/mol. The molecule has 1 aliphatic carbocycles. The first-order valence-electron chi connectivity index (χ1n) is 22.0. The predicted octanol–water partition coefficient (Wildman–Crippen LogP) is 16.4. The summed E-state index contributed by atoms with van der Waals surface area (Å²) in [7, 11) is 0. The van der Waals surface area contributed by atoms with Crippen LogP contribution in [-0.4, -0.2) is 9.97 Å². The first kappa shape index (κ1) is 37.6. The largest absolute Gasteiger partial charge is 0.456 e. The summed E-state index contributed by atoms with van der Waals surface area (Å²) in [6, 6.07) is 78.1. The Morgan fingerprint density at radius 1 is 0.312 bits per heavy atom. The molecule has 64 heavy (non-hydrogen) atoms. The molecular weight excluding hydrogens is 777 g/mol. The number of para-hydroxylation sites is 1. The van der Waals surface area contributed by atoms with Crippen LogP contribution in [0.4, 0.5) is 0 Å². The Morgan fingerprint density at radius 3 is 1.59 bits per heavy atom. The van der Waals surface area contributed by atoms with Gasteiger partial charge in [0.05, 0.1) is 11.4 Å². The van der Waals surface area contributed by atoms with E-state index < -0.39 is 0 Å². The van der Waals surface area contributed by atoms with E-state index in [0.717, 1.165) is 83.4 Å². The number of aromatic nitrogens is 2. The molecule has 0 unspecified atom stereocenters. The van der Waals surface area contributed by atoms with Crippen molar-refractivity contribution in [3.05, 3.63) is 230 Å². The van der Waals surface area contributed by atoms with Crippen LogP contribution in [0.5, 0.6) is 0 Å². The summed E-state index contributed by atoms with van der Waals surface area (Å²) in [6.07, 6.45) is 0. The number of fused-ring (bicyclic) bond motifs is 6. The van der Waals surface area contributed by atoms with Crippen molar-refractivity contribution in [2.45, 2.75) is 19.3 Å². The molecule has 0 aliphatic heterocycles. The summed E-state index contributed by atoms with van der Waals surface area (Å²) in [5, 5.41) is 2.20. The molecule has 0 bridgehead atoms. The van der Waals surface area contributed by atoms with Gasteiger partial charge in [0, 0.05) is 32.9 Å². The van der Waals surface area contributed by atoms with Crippen molar-refractivity contribution in [1.82, 2.24) is 9.97 Å². The molecule has 12 rings (SSSR count). The topological polar surface area (TPSA) is 38.9 Å². The average molecular weight is 819 g/mol. The van der Waals surface area contributed by atoms with E-state index in [1.165, 1.54) is 33.4 Å². The Kier molecular flexibility index (Phi) is 8.84. The maximum atomic E-state index is 6.27. The van der Waals surface area contributed by atoms with Crippen molar-refractivity contribution in [3.8, 4) is 89.5 Å². The minimum atomic E-state index is -0.0910. The Hall–Kier alpha value is -8.14. The molecule has 0 atom stereocenters. The standard InChI is InChI=1S/C61H42N2O/c1-61(2)54-22-11-9-20-50(54)52-37-45(28-30-55(52)61)56-38-57(63-60(62-56)46-19-13-18-43(32-46)40-16-7-4-8-17-40)49-34-47(42-26-24-41(25-27-42)39-14-5-3-6-15-39)33-48(35-49)44-29-31-59-53(36-44)51-21-10-12-23-58(51)64-59/h3-38H,1-2H3. The Morgan fingerprint density at radius 2 is 0.812 bits per heavy atom.